The van der Waals surface area contributed by atoms with Crippen LogP contribution in [0, 0.1) is 0 Å². The van der Waals surface area contributed by atoms with Crippen LogP contribution in [-0.2, 0) is 46.0 Å². The average molecular weight is 1250 g/mol. The number of nitrogens with two attached hydrogens (primary N) is 1. The van der Waals surface area contributed by atoms with Crippen LogP contribution in [0.4, 0.5) is 11.4 Å². The van der Waals surface area contributed by atoms with Gasteiger partial charge in [-0.25, -0.2) is 9.97 Å². The number of esters is 2. The minimum atomic E-state index is -0.199. The van der Waals surface area contributed by atoms with Crippen LogP contribution in [0.1, 0.15) is 51.2 Å². The summed E-state index contributed by atoms with van der Waals surface area (Å²) in [6.45, 7) is 16.4. The molecule has 12 nitrogen and oxygen atoms in total. The summed E-state index contributed by atoms with van der Waals surface area (Å²) in [7, 11) is 3.87. The van der Waals surface area contributed by atoms with Gasteiger partial charge in [-0.2, -0.15) is 0 Å². The predicted octanol–water partition coefficient (Wildman–Crippen LogP) is 6.24. The van der Waals surface area contributed by atoms with Gasteiger partial charge in [-0.15, -0.1) is 31.5 Å². The second kappa shape index (κ2) is 30.6. The Hall–Kier alpha value is -1.03. The SMILES string of the molecule is C=C.C=C.CCOC(=O)CCCc1nc2cc(N(O)O)ccc2n1C.CCOC(=O)CCCc1nc2cc(N)ccc2n1C.II.I[I-]I. The van der Waals surface area contributed by atoms with Crippen molar-refractivity contribution in [2.45, 2.75) is 52.4 Å². The number of carbonyl (C=O) groups is 2. The fourth-order valence-electron chi connectivity index (χ4n) is 4.32. The number of nitrogen functional groups attached to an aromatic ring is 1. The summed E-state index contributed by atoms with van der Waals surface area (Å²) in [5.41, 5.74) is 10.2. The third-order valence-electron chi connectivity index (χ3n) is 6.36. The number of halogens is 5. The quantitative estimate of drug-likeness (QED) is 0.0517. The Labute approximate surface area is 342 Å². The molecule has 4 rings (SSSR count). The Bertz CT molecular complexity index is 1520. The van der Waals surface area contributed by atoms with Crippen molar-refractivity contribution in [2.75, 3.05) is 24.2 Å². The molecule has 2 heterocycles. The van der Waals surface area contributed by atoms with Gasteiger partial charge in [-0.05, 0) is 63.1 Å². The zero-order valence-corrected chi connectivity index (χ0v) is 39.0. The Morgan fingerprint density at radius 3 is 1.59 bits per heavy atom. The first kappa shape index (κ1) is 50.1. The molecular weight excluding hydrogens is 1200 g/mol. The Balaban J connectivity index is 0. The van der Waals surface area contributed by atoms with Crippen molar-refractivity contribution in [3.8, 4) is 0 Å². The van der Waals surface area contributed by atoms with E-state index in [4.69, 9.17) is 25.6 Å². The molecule has 0 amide bonds. The third kappa shape index (κ3) is 18.9. The van der Waals surface area contributed by atoms with Crippen LogP contribution < -0.4 is 24.2 Å². The third-order valence-corrected chi connectivity index (χ3v) is 6.36. The fraction of sp³-hybridized carbons (Fsp3) is 0.375. The normalized spacial score (nSPS) is 9.59. The zero-order chi connectivity index (χ0) is 37.9. The van der Waals surface area contributed by atoms with E-state index in [-0.39, 0.29) is 22.9 Å². The number of fused-ring (bicyclic) bond motifs is 2. The molecule has 0 aliphatic heterocycles. The average Bonchev–Trinajstić information content (AvgIpc) is 3.58. The van der Waals surface area contributed by atoms with E-state index in [1.807, 2.05) is 48.4 Å². The molecule has 4 N–H and O–H groups in total. The summed E-state index contributed by atoms with van der Waals surface area (Å²) >= 11 is 9.54. The van der Waals surface area contributed by atoms with E-state index in [0.29, 0.717) is 63.4 Å². The molecule has 0 spiro atoms. The van der Waals surface area contributed by atoms with E-state index >= 15 is 0 Å². The maximum atomic E-state index is 11.3. The second-order valence-electron chi connectivity index (χ2n) is 9.26. The molecule has 0 saturated carbocycles. The summed E-state index contributed by atoms with van der Waals surface area (Å²) in [6.07, 6.45) is 3.61. The van der Waals surface area contributed by atoms with Crippen molar-refractivity contribution in [3.05, 3.63) is 74.4 Å². The number of imidazole rings is 2. The molecule has 0 aliphatic carbocycles. The van der Waals surface area contributed by atoms with E-state index in [9.17, 15) is 9.59 Å². The molecule has 276 valence electrons. The van der Waals surface area contributed by atoms with Crippen molar-refractivity contribution in [1.82, 2.24) is 19.1 Å². The Morgan fingerprint density at radius 2 is 1.20 bits per heavy atom. The Kier molecular flexibility index (Phi) is 31.3. The van der Waals surface area contributed by atoms with Gasteiger partial charge < -0.3 is 24.3 Å². The first-order valence-electron chi connectivity index (χ1n) is 14.7. The van der Waals surface area contributed by atoms with Gasteiger partial charge in [0.05, 0.1) is 41.0 Å². The topological polar surface area (TPSA) is 158 Å². The molecule has 0 atom stereocenters. The van der Waals surface area contributed by atoms with Crippen LogP contribution in [0.15, 0.2) is 62.7 Å². The number of hydrogen-bond acceptors (Lipinski definition) is 10. The number of aromatic nitrogens is 4. The van der Waals surface area contributed by atoms with Crippen LogP contribution in [0.2, 0.25) is 0 Å². The first-order valence-corrected chi connectivity index (χ1v) is 33.6. The van der Waals surface area contributed by atoms with E-state index in [1.54, 1.807) is 25.1 Å². The molecule has 0 radical (unpaired) electrons. The molecule has 0 saturated heterocycles. The van der Waals surface area contributed by atoms with Crippen molar-refractivity contribution in [1.29, 1.82) is 0 Å². The molecule has 49 heavy (non-hydrogen) atoms. The fourth-order valence-corrected chi connectivity index (χ4v) is 4.32. The molecule has 0 fully saturated rings. The molecule has 0 unspecified atom stereocenters. The first-order chi connectivity index (χ1) is 23.6. The number of aryl methyl sites for hydroxylation is 4. The van der Waals surface area contributed by atoms with Crippen LogP contribution in [-0.4, -0.2) is 54.7 Å². The summed E-state index contributed by atoms with van der Waals surface area (Å²) in [5.74, 6) is 1.46. The van der Waals surface area contributed by atoms with Crippen molar-refractivity contribution in [2.24, 2.45) is 14.1 Å². The number of ether oxygens (including phenoxy) is 2. The molecule has 17 heteroatoms. The summed E-state index contributed by atoms with van der Waals surface area (Å²) in [6, 6.07) is 10.6. The molecule has 4 aromatic rings. The second-order valence-corrected chi connectivity index (χ2v) is 25.5. The molecule has 0 aliphatic rings. The molecule has 2 aromatic heterocycles. The van der Waals surface area contributed by atoms with Crippen LogP contribution in [0.5, 0.6) is 0 Å². The van der Waals surface area contributed by atoms with Crippen LogP contribution in [0.3, 0.4) is 0 Å². The monoisotopic (exact) mass is 1240 g/mol. The van der Waals surface area contributed by atoms with Gasteiger partial charge in [-0.1, -0.05) is 0 Å². The minimum absolute atomic E-state index is 0.0640. The predicted molar refractivity (Wildman–Crippen MR) is 230 cm³/mol. The van der Waals surface area contributed by atoms with Gasteiger partial charge in [0.2, 0.25) is 0 Å². The van der Waals surface area contributed by atoms with Gasteiger partial charge in [0.25, 0.3) is 0 Å². The number of rotatable bonds is 11. The number of carbonyl (C=O) groups excluding carboxylic acids is 2. The van der Waals surface area contributed by atoms with Crippen molar-refractivity contribution >= 4 is 120 Å². The maximum absolute atomic E-state index is 11.3. The van der Waals surface area contributed by atoms with Crippen LogP contribution in [0.25, 0.3) is 22.1 Å². The van der Waals surface area contributed by atoms with E-state index < -0.39 is 0 Å². The van der Waals surface area contributed by atoms with Gasteiger partial charge in [0.15, 0.2) is 0 Å². The Morgan fingerprint density at radius 1 is 0.816 bits per heavy atom. The van der Waals surface area contributed by atoms with Gasteiger partial charge in [0.1, 0.15) is 11.6 Å². The number of benzene rings is 2. The van der Waals surface area contributed by atoms with Crippen LogP contribution >= 0.6 is 74.5 Å². The van der Waals surface area contributed by atoms with Gasteiger partial charge >= 0.3 is 62.4 Å². The number of anilines is 2. The standard InChI is InChI=1S/C14H19N3O4.C14H19N3O2.2C2H4.I3.I2/c1-3-21-14(18)6-4-5-13-15-11-9-10(17(19)20)7-8-12(11)16(13)2;1-3-19-14(18)6-4-5-13-16-11-9-10(15)7-8-12(11)17(13)2;2*1-2;1-3-2;1-2/h7-9,19-20H,3-6H2,1-2H3;7-9H,3-6,15H2,1-2H3;2*1-2H2;;/q;;;;-1;. The zero-order valence-electron chi connectivity index (χ0n) is 28.2. The summed E-state index contributed by atoms with van der Waals surface area (Å²) in [5, 5.41) is 18.1. The summed E-state index contributed by atoms with van der Waals surface area (Å²) < 4.78 is 13.8. The van der Waals surface area contributed by atoms with Gasteiger partial charge in [0, 0.05) is 82.7 Å². The van der Waals surface area contributed by atoms with Crippen molar-refractivity contribution in [3.63, 3.8) is 0 Å². The van der Waals surface area contributed by atoms with Gasteiger partial charge in [-0.3, -0.25) is 20.0 Å². The number of hydrogen-bond donors (Lipinski definition) is 3. The number of nitrogens with zero attached hydrogens (tertiary/aromatic N) is 5. The molecular formula is C32H46I5N6O6-. The van der Waals surface area contributed by atoms with E-state index in [0.717, 1.165) is 41.0 Å². The summed E-state index contributed by atoms with van der Waals surface area (Å²) in [4.78, 5) is 31.6. The van der Waals surface area contributed by atoms with Crippen molar-refractivity contribution < 1.29 is 42.7 Å². The van der Waals surface area contributed by atoms with E-state index in [1.165, 1.54) is 0 Å². The molecule has 2 aromatic carbocycles. The van der Waals surface area contributed by atoms with E-state index in [2.05, 4.69) is 111 Å². The molecule has 0 bridgehead atoms.